The molecule has 1 unspecified atom stereocenters. The fourth-order valence-corrected chi connectivity index (χ4v) is 3.37. The second-order valence-corrected chi connectivity index (χ2v) is 6.99. The lowest BCUT2D eigenvalue weighted by molar-refractivity contribution is 0.0171. The highest BCUT2D eigenvalue weighted by molar-refractivity contribution is 14.0. The number of hydrogen-bond acceptors (Lipinski definition) is 6. The van der Waals surface area contributed by atoms with Crippen LogP contribution in [0.4, 0.5) is 0 Å². The van der Waals surface area contributed by atoms with E-state index >= 15 is 0 Å². The monoisotopic (exact) mass is 551 g/mol. The zero-order valence-electron chi connectivity index (χ0n) is 19.2. The molecule has 1 fully saturated rings. The highest BCUT2D eigenvalue weighted by Crippen LogP contribution is 2.39. The molecule has 1 heterocycles. The molecular formula is C22H38IN3O5. The summed E-state index contributed by atoms with van der Waals surface area (Å²) in [5, 5.41) is 6.65. The Hall–Kier alpha value is -1.46. The minimum atomic E-state index is 0. The molecule has 178 valence electrons. The number of methoxy groups -OCH3 is 3. The highest BCUT2D eigenvalue weighted by Gasteiger charge is 2.16. The van der Waals surface area contributed by atoms with E-state index in [9.17, 15) is 0 Å². The molecule has 0 aromatic heterocycles. The van der Waals surface area contributed by atoms with E-state index in [2.05, 4.69) is 22.5 Å². The molecule has 31 heavy (non-hydrogen) atoms. The van der Waals surface area contributed by atoms with Gasteiger partial charge in [0, 0.05) is 38.4 Å². The van der Waals surface area contributed by atoms with E-state index < -0.39 is 0 Å². The lowest BCUT2D eigenvalue weighted by atomic mass is 10.1. The first-order chi connectivity index (χ1) is 14.7. The van der Waals surface area contributed by atoms with Gasteiger partial charge in [-0.3, -0.25) is 4.99 Å². The summed E-state index contributed by atoms with van der Waals surface area (Å²) < 4.78 is 27.6. The van der Waals surface area contributed by atoms with Gasteiger partial charge in [-0.05, 0) is 38.7 Å². The van der Waals surface area contributed by atoms with Crippen LogP contribution in [0.1, 0.15) is 31.7 Å². The molecule has 1 aliphatic heterocycles. The third kappa shape index (κ3) is 9.28. The zero-order valence-corrected chi connectivity index (χ0v) is 21.5. The van der Waals surface area contributed by atoms with Crippen molar-refractivity contribution in [3.8, 4) is 17.2 Å². The number of ether oxygens (including phenoxy) is 5. The molecule has 0 aliphatic carbocycles. The van der Waals surface area contributed by atoms with Crippen LogP contribution in [0.5, 0.6) is 17.2 Å². The van der Waals surface area contributed by atoms with Crippen molar-refractivity contribution in [3.05, 3.63) is 17.7 Å². The summed E-state index contributed by atoms with van der Waals surface area (Å²) in [5.74, 6) is 2.77. The summed E-state index contributed by atoms with van der Waals surface area (Å²) in [5.41, 5.74) is 1.04. The molecule has 9 heteroatoms. The van der Waals surface area contributed by atoms with Crippen LogP contribution in [0.25, 0.3) is 0 Å². The van der Waals surface area contributed by atoms with Crippen molar-refractivity contribution in [1.82, 2.24) is 10.6 Å². The van der Waals surface area contributed by atoms with Crippen molar-refractivity contribution in [2.24, 2.45) is 4.99 Å². The SMILES string of the molecule is CCNC(=NCCCOCC1CCCO1)NCCc1ccc(OC)c(OC)c1OC.I. The smallest absolute Gasteiger partial charge is 0.203 e. The van der Waals surface area contributed by atoms with E-state index in [1.807, 2.05) is 12.1 Å². The summed E-state index contributed by atoms with van der Waals surface area (Å²) in [7, 11) is 4.87. The number of nitrogens with one attached hydrogen (secondary N) is 2. The molecule has 0 spiro atoms. The maximum Gasteiger partial charge on any atom is 0.203 e. The Morgan fingerprint density at radius 1 is 1.13 bits per heavy atom. The van der Waals surface area contributed by atoms with E-state index in [4.69, 9.17) is 23.7 Å². The fourth-order valence-electron chi connectivity index (χ4n) is 3.37. The van der Waals surface area contributed by atoms with Crippen LogP contribution < -0.4 is 24.8 Å². The molecule has 0 bridgehead atoms. The third-order valence-electron chi connectivity index (χ3n) is 4.86. The second kappa shape index (κ2) is 16.2. The minimum Gasteiger partial charge on any atom is -0.493 e. The average Bonchev–Trinajstić information content (AvgIpc) is 3.28. The Kier molecular flexibility index (Phi) is 14.4. The maximum atomic E-state index is 5.69. The second-order valence-electron chi connectivity index (χ2n) is 6.99. The molecule has 1 aliphatic rings. The Bertz CT molecular complexity index is 654. The van der Waals surface area contributed by atoms with Gasteiger partial charge in [0.25, 0.3) is 0 Å². The third-order valence-corrected chi connectivity index (χ3v) is 4.86. The van der Waals surface area contributed by atoms with Crippen molar-refractivity contribution < 1.29 is 23.7 Å². The zero-order chi connectivity index (χ0) is 21.6. The maximum absolute atomic E-state index is 5.69. The molecule has 8 nitrogen and oxygen atoms in total. The van der Waals surface area contributed by atoms with Gasteiger partial charge in [-0.1, -0.05) is 6.07 Å². The predicted molar refractivity (Wildman–Crippen MR) is 134 cm³/mol. The van der Waals surface area contributed by atoms with Crippen LogP contribution in [0, 0.1) is 0 Å². The number of benzene rings is 1. The van der Waals surface area contributed by atoms with Crippen molar-refractivity contribution >= 4 is 29.9 Å². The summed E-state index contributed by atoms with van der Waals surface area (Å²) in [4.78, 5) is 4.62. The predicted octanol–water partition coefficient (Wildman–Crippen LogP) is 3.01. The Balaban J connectivity index is 0.00000480. The average molecular weight is 551 g/mol. The van der Waals surface area contributed by atoms with Crippen LogP contribution in [0.3, 0.4) is 0 Å². The number of hydrogen-bond donors (Lipinski definition) is 2. The first-order valence-electron chi connectivity index (χ1n) is 10.7. The van der Waals surface area contributed by atoms with Gasteiger partial charge in [0.2, 0.25) is 5.75 Å². The Morgan fingerprint density at radius 2 is 1.94 bits per heavy atom. The normalized spacial score (nSPS) is 15.9. The van der Waals surface area contributed by atoms with Gasteiger partial charge in [0.05, 0.1) is 34.0 Å². The molecule has 2 rings (SSSR count). The van der Waals surface area contributed by atoms with Crippen molar-refractivity contribution in [2.75, 3.05) is 60.8 Å². The summed E-state index contributed by atoms with van der Waals surface area (Å²) in [6, 6.07) is 3.89. The molecule has 1 aromatic rings. The van der Waals surface area contributed by atoms with Gasteiger partial charge >= 0.3 is 0 Å². The van der Waals surface area contributed by atoms with Gasteiger partial charge in [0.1, 0.15) is 0 Å². The standard InChI is InChI=1S/C22H37N3O5.HI/c1-5-23-22(24-12-7-14-29-16-18-8-6-15-30-18)25-13-11-17-9-10-19(26-2)21(28-4)20(17)27-3;/h9-10,18H,5-8,11-16H2,1-4H3,(H2,23,24,25);1H. The molecule has 0 amide bonds. The van der Waals surface area contributed by atoms with Crippen LogP contribution in [-0.2, 0) is 15.9 Å². The summed E-state index contributed by atoms with van der Waals surface area (Å²) >= 11 is 0. The van der Waals surface area contributed by atoms with Gasteiger partial charge in [-0.2, -0.15) is 0 Å². The molecule has 0 radical (unpaired) electrons. The summed E-state index contributed by atoms with van der Waals surface area (Å²) in [6.07, 6.45) is 4.18. The molecule has 1 saturated heterocycles. The molecular weight excluding hydrogens is 513 g/mol. The van der Waals surface area contributed by atoms with E-state index in [1.165, 1.54) is 0 Å². The Morgan fingerprint density at radius 3 is 2.58 bits per heavy atom. The van der Waals surface area contributed by atoms with Gasteiger partial charge < -0.3 is 34.3 Å². The van der Waals surface area contributed by atoms with Crippen molar-refractivity contribution in [3.63, 3.8) is 0 Å². The van der Waals surface area contributed by atoms with Crippen LogP contribution in [-0.4, -0.2) is 72.8 Å². The fraction of sp³-hybridized carbons (Fsp3) is 0.682. The molecule has 1 atom stereocenters. The van der Waals surface area contributed by atoms with Crippen molar-refractivity contribution in [1.29, 1.82) is 0 Å². The quantitative estimate of drug-likeness (QED) is 0.169. The number of nitrogens with zero attached hydrogens (tertiary/aromatic N) is 1. The van der Waals surface area contributed by atoms with Crippen LogP contribution in [0.15, 0.2) is 17.1 Å². The lowest BCUT2D eigenvalue weighted by Gasteiger charge is -2.16. The highest BCUT2D eigenvalue weighted by atomic mass is 127. The number of guanidine groups is 1. The van der Waals surface area contributed by atoms with Gasteiger partial charge in [-0.25, -0.2) is 0 Å². The van der Waals surface area contributed by atoms with Crippen LogP contribution >= 0.6 is 24.0 Å². The molecule has 1 aromatic carbocycles. The molecule has 0 saturated carbocycles. The van der Waals surface area contributed by atoms with Gasteiger partial charge in [0.15, 0.2) is 17.5 Å². The van der Waals surface area contributed by atoms with Crippen LogP contribution in [0.2, 0.25) is 0 Å². The topological polar surface area (TPSA) is 82.6 Å². The van der Waals surface area contributed by atoms with E-state index in [0.29, 0.717) is 43.6 Å². The van der Waals surface area contributed by atoms with E-state index in [0.717, 1.165) is 50.4 Å². The van der Waals surface area contributed by atoms with E-state index in [1.54, 1.807) is 21.3 Å². The minimum absolute atomic E-state index is 0. The van der Waals surface area contributed by atoms with Crippen molar-refractivity contribution in [2.45, 2.75) is 38.7 Å². The van der Waals surface area contributed by atoms with Gasteiger partial charge in [-0.15, -0.1) is 24.0 Å². The number of rotatable bonds is 13. The number of halogens is 1. The first-order valence-corrected chi connectivity index (χ1v) is 10.7. The summed E-state index contributed by atoms with van der Waals surface area (Å²) in [6.45, 7) is 6.54. The molecule has 2 N–H and O–H groups in total. The largest absolute Gasteiger partial charge is 0.493 e. The van der Waals surface area contributed by atoms with E-state index in [-0.39, 0.29) is 30.1 Å². The number of aliphatic imine (C=N–C) groups is 1. The Labute approximate surface area is 203 Å². The lowest BCUT2D eigenvalue weighted by Crippen LogP contribution is -2.38. The first kappa shape index (κ1) is 27.6.